The summed E-state index contributed by atoms with van der Waals surface area (Å²) in [6.45, 7) is 0. The van der Waals surface area contributed by atoms with Gasteiger partial charge in [-0.2, -0.15) is 0 Å². The molecule has 0 aliphatic carbocycles. The predicted octanol–water partition coefficient (Wildman–Crippen LogP) is 3.02. The summed E-state index contributed by atoms with van der Waals surface area (Å²) in [6, 6.07) is 6.89. The fourth-order valence-corrected chi connectivity index (χ4v) is 1.78. The highest BCUT2D eigenvalue weighted by atomic mass is 35.5. The van der Waals surface area contributed by atoms with Crippen molar-refractivity contribution in [1.82, 2.24) is 9.78 Å². The SMILES string of the molecule is Nc1ccn(C(=S)Nc2cccc(Cl)c2Cl)n1. The van der Waals surface area contributed by atoms with Gasteiger partial charge in [0, 0.05) is 12.3 Å². The van der Waals surface area contributed by atoms with Crippen LogP contribution in [0.25, 0.3) is 0 Å². The zero-order chi connectivity index (χ0) is 12.4. The first-order valence-corrected chi connectivity index (χ1v) is 5.81. The van der Waals surface area contributed by atoms with Crippen LogP contribution < -0.4 is 11.1 Å². The van der Waals surface area contributed by atoms with Crippen LogP contribution >= 0.6 is 35.4 Å². The molecule has 0 unspecified atom stereocenters. The van der Waals surface area contributed by atoms with Crippen LogP contribution in [0.1, 0.15) is 0 Å². The average Bonchev–Trinajstić information content (AvgIpc) is 2.72. The van der Waals surface area contributed by atoms with E-state index in [-0.39, 0.29) is 0 Å². The van der Waals surface area contributed by atoms with E-state index in [1.807, 2.05) is 0 Å². The minimum Gasteiger partial charge on any atom is -0.382 e. The van der Waals surface area contributed by atoms with Crippen LogP contribution in [-0.2, 0) is 0 Å². The Hall–Kier alpha value is -1.30. The third-order valence-corrected chi connectivity index (χ3v) is 3.12. The molecule has 0 spiro atoms. The first-order valence-electron chi connectivity index (χ1n) is 4.64. The maximum atomic E-state index is 6.02. The Morgan fingerprint density at radius 1 is 1.35 bits per heavy atom. The van der Waals surface area contributed by atoms with Crippen molar-refractivity contribution in [2.75, 3.05) is 11.1 Å². The van der Waals surface area contributed by atoms with E-state index in [0.29, 0.717) is 26.7 Å². The van der Waals surface area contributed by atoms with Gasteiger partial charge in [0.1, 0.15) is 5.82 Å². The van der Waals surface area contributed by atoms with Crippen LogP contribution in [0.2, 0.25) is 10.0 Å². The molecule has 7 heteroatoms. The molecule has 0 radical (unpaired) electrons. The third kappa shape index (κ3) is 2.69. The van der Waals surface area contributed by atoms with Gasteiger partial charge in [-0.3, -0.25) is 0 Å². The number of halogens is 2. The summed E-state index contributed by atoms with van der Waals surface area (Å²) in [4.78, 5) is 0. The Bertz CT molecular complexity index is 567. The standard InChI is InChI=1S/C10H8Cl2N4S/c11-6-2-1-3-7(9(6)12)14-10(17)16-5-4-8(13)15-16/h1-5H,(H2,13,15)(H,14,17). The minimum absolute atomic E-state index is 0.367. The molecular weight excluding hydrogens is 279 g/mol. The zero-order valence-corrected chi connectivity index (χ0v) is 10.9. The van der Waals surface area contributed by atoms with Gasteiger partial charge in [0.15, 0.2) is 5.11 Å². The third-order valence-electron chi connectivity index (χ3n) is 2.01. The first kappa shape index (κ1) is 12.2. The van der Waals surface area contributed by atoms with Crippen molar-refractivity contribution in [2.24, 2.45) is 0 Å². The zero-order valence-electron chi connectivity index (χ0n) is 8.52. The lowest BCUT2D eigenvalue weighted by Crippen LogP contribution is -2.19. The van der Waals surface area contributed by atoms with E-state index in [0.717, 1.165) is 0 Å². The molecule has 2 aromatic rings. The maximum Gasteiger partial charge on any atom is 0.198 e. The molecule has 0 atom stereocenters. The normalized spacial score (nSPS) is 10.2. The van der Waals surface area contributed by atoms with Crippen LogP contribution in [0.3, 0.4) is 0 Å². The second-order valence-corrected chi connectivity index (χ2v) is 4.39. The van der Waals surface area contributed by atoms with Crippen molar-refractivity contribution < 1.29 is 0 Å². The molecule has 88 valence electrons. The molecule has 0 aliphatic heterocycles. The minimum atomic E-state index is 0.367. The molecule has 0 aliphatic rings. The van der Waals surface area contributed by atoms with E-state index in [2.05, 4.69) is 10.4 Å². The number of nitrogens with zero attached hydrogens (tertiary/aromatic N) is 2. The number of aromatic nitrogens is 2. The van der Waals surface area contributed by atoms with Gasteiger partial charge >= 0.3 is 0 Å². The second-order valence-electron chi connectivity index (χ2n) is 3.22. The van der Waals surface area contributed by atoms with Gasteiger partial charge in [0.2, 0.25) is 0 Å². The van der Waals surface area contributed by atoms with Gasteiger partial charge in [-0.15, -0.1) is 5.10 Å². The van der Waals surface area contributed by atoms with Crippen LogP contribution in [0, 0.1) is 0 Å². The molecule has 0 saturated carbocycles. The van der Waals surface area contributed by atoms with Crippen molar-refractivity contribution in [3.8, 4) is 0 Å². The average molecular weight is 287 g/mol. The van der Waals surface area contributed by atoms with Crippen molar-refractivity contribution in [3.63, 3.8) is 0 Å². The van der Waals surface area contributed by atoms with Crippen LogP contribution in [0.5, 0.6) is 0 Å². The topological polar surface area (TPSA) is 55.9 Å². The number of hydrogen-bond donors (Lipinski definition) is 2. The van der Waals surface area contributed by atoms with Gasteiger partial charge in [-0.1, -0.05) is 29.3 Å². The van der Waals surface area contributed by atoms with Crippen LogP contribution in [0.4, 0.5) is 11.5 Å². The summed E-state index contributed by atoms with van der Waals surface area (Å²) in [6.07, 6.45) is 1.66. The molecule has 1 aromatic carbocycles. The summed E-state index contributed by atoms with van der Waals surface area (Å²) in [7, 11) is 0. The fourth-order valence-electron chi connectivity index (χ4n) is 1.22. The molecule has 17 heavy (non-hydrogen) atoms. The molecule has 0 amide bonds. The Morgan fingerprint density at radius 3 is 2.76 bits per heavy atom. The molecule has 0 saturated heterocycles. The number of rotatable bonds is 1. The lowest BCUT2D eigenvalue weighted by atomic mass is 10.3. The largest absolute Gasteiger partial charge is 0.382 e. The van der Waals surface area contributed by atoms with Gasteiger partial charge in [-0.05, 0) is 24.4 Å². The first-order chi connectivity index (χ1) is 8.08. The number of nitrogens with two attached hydrogens (primary N) is 1. The summed E-state index contributed by atoms with van der Waals surface area (Å²) in [5, 5.41) is 8.15. The van der Waals surface area contributed by atoms with Gasteiger partial charge in [0.25, 0.3) is 0 Å². The van der Waals surface area contributed by atoms with E-state index in [4.69, 9.17) is 41.2 Å². The predicted molar refractivity (Wildman–Crippen MR) is 74.7 cm³/mol. The van der Waals surface area contributed by atoms with Gasteiger partial charge in [-0.25, -0.2) is 4.68 Å². The van der Waals surface area contributed by atoms with Crippen LogP contribution in [-0.4, -0.2) is 14.9 Å². The van der Waals surface area contributed by atoms with Crippen molar-refractivity contribution in [3.05, 3.63) is 40.5 Å². The number of nitrogen functional groups attached to an aromatic ring is 1. The number of thiocarbonyl (C=S) groups is 1. The lowest BCUT2D eigenvalue weighted by molar-refractivity contribution is 0.953. The maximum absolute atomic E-state index is 6.02. The lowest BCUT2D eigenvalue weighted by Gasteiger charge is -2.09. The highest BCUT2D eigenvalue weighted by molar-refractivity contribution is 7.80. The van der Waals surface area contributed by atoms with Crippen molar-refractivity contribution in [1.29, 1.82) is 0 Å². The summed E-state index contributed by atoms with van der Waals surface area (Å²) in [5.41, 5.74) is 6.12. The molecule has 1 aromatic heterocycles. The number of benzene rings is 1. The van der Waals surface area contributed by atoms with E-state index in [9.17, 15) is 0 Å². The summed E-state index contributed by atoms with van der Waals surface area (Å²) >= 11 is 17.1. The quantitative estimate of drug-likeness (QED) is 0.792. The Balaban J connectivity index is 2.21. The monoisotopic (exact) mass is 286 g/mol. The highest BCUT2D eigenvalue weighted by Gasteiger charge is 2.07. The van der Waals surface area contributed by atoms with Crippen molar-refractivity contribution in [2.45, 2.75) is 0 Å². The molecular formula is C10H8Cl2N4S. The number of nitrogens with one attached hydrogen (secondary N) is 1. The Kier molecular flexibility index (Phi) is 3.51. The highest BCUT2D eigenvalue weighted by Crippen LogP contribution is 2.29. The van der Waals surface area contributed by atoms with E-state index in [1.54, 1.807) is 30.5 Å². The number of hydrogen-bond acceptors (Lipinski definition) is 3. The second kappa shape index (κ2) is 4.91. The Labute approximate surface area is 113 Å². The van der Waals surface area contributed by atoms with E-state index >= 15 is 0 Å². The molecule has 0 bridgehead atoms. The van der Waals surface area contributed by atoms with Crippen LogP contribution in [0.15, 0.2) is 30.5 Å². The molecule has 1 heterocycles. The fraction of sp³-hybridized carbons (Fsp3) is 0. The smallest absolute Gasteiger partial charge is 0.198 e. The molecule has 2 rings (SSSR count). The summed E-state index contributed by atoms with van der Waals surface area (Å²) < 4.78 is 1.45. The van der Waals surface area contributed by atoms with Crippen molar-refractivity contribution >= 4 is 52.0 Å². The van der Waals surface area contributed by atoms with Gasteiger partial charge in [0.05, 0.1) is 15.7 Å². The van der Waals surface area contributed by atoms with E-state index in [1.165, 1.54) is 4.68 Å². The van der Waals surface area contributed by atoms with Gasteiger partial charge < -0.3 is 11.1 Å². The molecule has 4 nitrogen and oxygen atoms in total. The molecule has 0 fully saturated rings. The Morgan fingerprint density at radius 2 is 2.12 bits per heavy atom. The molecule has 3 N–H and O–H groups in total. The van der Waals surface area contributed by atoms with E-state index < -0.39 is 0 Å². The number of anilines is 2. The summed E-state index contributed by atoms with van der Waals surface area (Å²) in [5.74, 6) is 0.395.